The van der Waals surface area contributed by atoms with Crippen LogP contribution in [0.2, 0.25) is 0 Å². The zero-order chi connectivity index (χ0) is 16.3. The lowest BCUT2D eigenvalue weighted by molar-refractivity contribution is 0.0636. The van der Waals surface area contributed by atoms with Crippen molar-refractivity contribution < 1.29 is 13.6 Å². The van der Waals surface area contributed by atoms with Gasteiger partial charge in [-0.25, -0.2) is 8.78 Å². The SMILES string of the molecule is CC(C)C(CN1CCCC1)N(C)C(=O)c1cc(F)ccc1F. The summed E-state index contributed by atoms with van der Waals surface area (Å²) in [5.41, 5.74) is -0.199. The molecule has 0 aromatic heterocycles. The Bertz CT molecular complexity index is 527. The summed E-state index contributed by atoms with van der Waals surface area (Å²) in [5, 5.41) is 0. The summed E-state index contributed by atoms with van der Waals surface area (Å²) in [6.07, 6.45) is 2.36. The summed E-state index contributed by atoms with van der Waals surface area (Å²) in [6.45, 7) is 6.95. The molecule has 2 rings (SSSR count). The molecule has 22 heavy (non-hydrogen) atoms. The topological polar surface area (TPSA) is 23.6 Å². The number of carbonyl (C=O) groups excluding carboxylic acids is 1. The van der Waals surface area contributed by atoms with Crippen LogP contribution in [-0.2, 0) is 0 Å². The van der Waals surface area contributed by atoms with Gasteiger partial charge in [0, 0.05) is 19.6 Å². The van der Waals surface area contributed by atoms with Crippen LogP contribution in [0, 0.1) is 17.6 Å². The van der Waals surface area contributed by atoms with E-state index in [2.05, 4.69) is 4.90 Å². The molecule has 0 N–H and O–H groups in total. The van der Waals surface area contributed by atoms with Crippen molar-refractivity contribution >= 4 is 5.91 Å². The third kappa shape index (κ3) is 3.83. The average Bonchev–Trinajstić information content (AvgIpc) is 2.98. The maximum atomic E-state index is 13.8. The van der Waals surface area contributed by atoms with Gasteiger partial charge in [-0.3, -0.25) is 4.79 Å². The van der Waals surface area contributed by atoms with Crippen molar-refractivity contribution in [3.8, 4) is 0 Å². The monoisotopic (exact) mass is 310 g/mol. The van der Waals surface area contributed by atoms with Gasteiger partial charge in [-0.05, 0) is 50.0 Å². The van der Waals surface area contributed by atoms with E-state index in [4.69, 9.17) is 0 Å². The highest BCUT2D eigenvalue weighted by Crippen LogP contribution is 2.19. The van der Waals surface area contributed by atoms with Crippen molar-refractivity contribution in [2.24, 2.45) is 5.92 Å². The Kier molecular flexibility index (Phi) is 5.51. The Morgan fingerprint density at radius 3 is 2.50 bits per heavy atom. The third-order valence-electron chi connectivity index (χ3n) is 4.39. The van der Waals surface area contributed by atoms with Gasteiger partial charge in [0.1, 0.15) is 11.6 Å². The van der Waals surface area contributed by atoms with Crippen LogP contribution in [0.25, 0.3) is 0 Å². The fourth-order valence-electron chi connectivity index (χ4n) is 3.01. The zero-order valence-corrected chi connectivity index (χ0v) is 13.5. The third-order valence-corrected chi connectivity index (χ3v) is 4.39. The molecular formula is C17H24F2N2O. The number of halogens is 2. The van der Waals surface area contributed by atoms with Crippen LogP contribution in [0.5, 0.6) is 0 Å². The van der Waals surface area contributed by atoms with E-state index < -0.39 is 17.5 Å². The first-order valence-corrected chi connectivity index (χ1v) is 7.84. The van der Waals surface area contributed by atoms with E-state index in [1.54, 1.807) is 11.9 Å². The Balaban J connectivity index is 2.16. The minimum absolute atomic E-state index is 0.0201. The van der Waals surface area contributed by atoms with Crippen LogP contribution in [0.3, 0.4) is 0 Å². The van der Waals surface area contributed by atoms with Crippen molar-refractivity contribution in [2.75, 3.05) is 26.7 Å². The van der Waals surface area contributed by atoms with E-state index in [0.717, 1.165) is 37.8 Å². The first kappa shape index (κ1) is 16.9. The largest absolute Gasteiger partial charge is 0.337 e. The molecule has 0 bridgehead atoms. The summed E-state index contributed by atoms with van der Waals surface area (Å²) in [7, 11) is 1.67. The van der Waals surface area contributed by atoms with Gasteiger partial charge in [-0.1, -0.05) is 13.8 Å². The van der Waals surface area contributed by atoms with Gasteiger partial charge in [-0.2, -0.15) is 0 Å². The van der Waals surface area contributed by atoms with E-state index in [-0.39, 0.29) is 17.5 Å². The lowest BCUT2D eigenvalue weighted by atomic mass is 10.0. The van der Waals surface area contributed by atoms with Crippen molar-refractivity contribution in [2.45, 2.75) is 32.7 Å². The highest BCUT2D eigenvalue weighted by atomic mass is 19.1. The minimum atomic E-state index is -0.679. The maximum Gasteiger partial charge on any atom is 0.256 e. The van der Waals surface area contributed by atoms with Crippen molar-refractivity contribution in [3.63, 3.8) is 0 Å². The first-order valence-electron chi connectivity index (χ1n) is 7.84. The molecule has 1 saturated heterocycles. The molecule has 1 aliphatic heterocycles. The van der Waals surface area contributed by atoms with Crippen molar-refractivity contribution in [1.29, 1.82) is 0 Å². The number of hydrogen-bond acceptors (Lipinski definition) is 2. The number of hydrogen-bond donors (Lipinski definition) is 0. The normalized spacial score (nSPS) is 17.0. The zero-order valence-electron chi connectivity index (χ0n) is 13.5. The second kappa shape index (κ2) is 7.18. The highest BCUT2D eigenvalue weighted by molar-refractivity contribution is 5.94. The molecule has 1 aromatic rings. The van der Waals surface area contributed by atoms with Crippen LogP contribution < -0.4 is 0 Å². The Morgan fingerprint density at radius 2 is 1.91 bits per heavy atom. The number of benzene rings is 1. The number of carbonyl (C=O) groups is 1. The fourth-order valence-corrected chi connectivity index (χ4v) is 3.01. The predicted octanol–water partition coefficient (Wildman–Crippen LogP) is 3.16. The van der Waals surface area contributed by atoms with E-state index in [1.165, 1.54) is 12.8 Å². The van der Waals surface area contributed by atoms with Crippen LogP contribution in [0.4, 0.5) is 8.78 Å². The molecule has 3 nitrogen and oxygen atoms in total. The van der Waals surface area contributed by atoms with Crippen LogP contribution in [-0.4, -0.2) is 48.4 Å². The quantitative estimate of drug-likeness (QED) is 0.834. The van der Waals surface area contributed by atoms with Gasteiger partial charge in [0.25, 0.3) is 5.91 Å². The number of nitrogens with zero attached hydrogens (tertiary/aromatic N) is 2. The van der Waals surface area contributed by atoms with Gasteiger partial charge < -0.3 is 9.80 Å². The molecule has 0 saturated carbocycles. The lowest BCUT2D eigenvalue weighted by Crippen LogP contribution is -2.47. The van der Waals surface area contributed by atoms with E-state index in [0.29, 0.717) is 0 Å². The number of likely N-dealkylation sites (tertiary alicyclic amines) is 1. The molecule has 122 valence electrons. The van der Waals surface area contributed by atoms with Gasteiger partial charge in [0.15, 0.2) is 0 Å². The van der Waals surface area contributed by atoms with Crippen molar-refractivity contribution in [1.82, 2.24) is 9.80 Å². The van der Waals surface area contributed by atoms with Gasteiger partial charge in [0.2, 0.25) is 0 Å². The molecule has 1 amide bonds. The molecule has 0 spiro atoms. The van der Waals surface area contributed by atoms with Crippen molar-refractivity contribution in [3.05, 3.63) is 35.4 Å². The fraction of sp³-hybridized carbons (Fsp3) is 0.588. The molecule has 1 aliphatic rings. The first-order chi connectivity index (χ1) is 10.4. The molecule has 1 unspecified atom stereocenters. The Morgan fingerprint density at radius 1 is 1.27 bits per heavy atom. The highest BCUT2D eigenvalue weighted by Gasteiger charge is 2.28. The second-order valence-corrected chi connectivity index (χ2v) is 6.36. The van der Waals surface area contributed by atoms with E-state index in [1.807, 2.05) is 13.8 Å². The standard InChI is InChI=1S/C17H24F2N2O/c1-12(2)16(11-21-8-4-5-9-21)20(3)17(22)14-10-13(18)6-7-15(14)19/h6-7,10,12,16H,4-5,8-9,11H2,1-3H3. The summed E-state index contributed by atoms with van der Waals surface area (Å²) >= 11 is 0. The lowest BCUT2D eigenvalue weighted by Gasteiger charge is -2.34. The van der Waals surface area contributed by atoms with Crippen LogP contribution in [0.1, 0.15) is 37.0 Å². The molecule has 1 heterocycles. The van der Waals surface area contributed by atoms with Crippen LogP contribution >= 0.6 is 0 Å². The molecule has 1 fully saturated rings. The average molecular weight is 310 g/mol. The van der Waals surface area contributed by atoms with Gasteiger partial charge in [-0.15, -0.1) is 0 Å². The molecule has 5 heteroatoms. The van der Waals surface area contributed by atoms with Gasteiger partial charge >= 0.3 is 0 Å². The minimum Gasteiger partial charge on any atom is -0.337 e. The smallest absolute Gasteiger partial charge is 0.256 e. The summed E-state index contributed by atoms with van der Waals surface area (Å²) in [6, 6.07) is 2.98. The van der Waals surface area contributed by atoms with E-state index in [9.17, 15) is 13.6 Å². The molecular weight excluding hydrogens is 286 g/mol. The Labute approximate surface area is 130 Å². The second-order valence-electron chi connectivity index (χ2n) is 6.36. The molecule has 0 radical (unpaired) electrons. The molecule has 1 aromatic carbocycles. The molecule has 1 atom stereocenters. The number of likely N-dealkylation sites (N-methyl/N-ethyl adjacent to an activating group) is 1. The number of amides is 1. The van der Waals surface area contributed by atoms with Gasteiger partial charge in [0.05, 0.1) is 5.56 Å². The molecule has 0 aliphatic carbocycles. The predicted molar refractivity (Wildman–Crippen MR) is 82.8 cm³/mol. The summed E-state index contributed by atoms with van der Waals surface area (Å²) in [4.78, 5) is 16.4. The van der Waals surface area contributed by atoms with Crippen LogP contribution in [0.15, 0.2) is 18.2 Å². The summed E-state index contributed by atoms with van der Waals surface area (Å²) < 4.78 is 27.1. The summed E-state index contributed by atoms with van der Waals surface area (Å²) in [5.74, 6) is -1.50. The maximum absolute atomic E-state index is 13.8. The Hall–Kier alpha value is -1.49. The number of rotatable bonds is 5. The van der Waals surface area contributed by atoms with E-state index >= 15 is 0 Å².